The summed E-state index contributed by atoms with van der Waals surface area (Å²) in [5.74, 6) is -1.85. The lowest BCUT2D eigenvalue weighted by atomic mass is 9.95. The van der Waals surface area contributed by atoms with E-state index in [4.69, 9.17) is 25.4 Å². The highest BCUT2D eigenvalue weighted by Gasteiger charge is 2.29. The van der Waals surface area contributed by atoms with Crippen LogP contribution in [0, 0.1) is 5.41 Å². The molecule has 0 radical (unpaired) electrons. The summed E-state index contributed by atoms with van der Waals surface area (Å²) in [4.78, 5) is 22.0. The number of carboxylic acid groups (broad SMARTS) is 2. The molecule has 7 nitrogen and oxygen atoms in total. The predicted octanol–water partition coefficient (Wildman–Crippen LogP) is 1.47. The van der Waals surface area contributed by atoms with Gasteiger partial charge in [0.05, 0.1) is 23.8 Å². The van der Waals surface area contributed by atoms with E-state index in [2.05, 4.69) is 0 Å². The maximum Gasteiger partial charge on any atom is 0.337 e. The molecule has 0 amide bonds. The second-order valence-corrected chi connectivity index (χ2v) is 4.87. The van der Waals surface area contributed by atoms with Crippen molar-refractivity contribution in [2.45, 2.75) is 13.8 Å². The molecule has 0 atom stereocenters. The van der Waals surface area contributed by atoms with Gasteiger partial charge in [-0.05, 0) is 13.8 Å². The maximum atomic E-state index is 11.0. The number of aromatic carboxylic acids is 1. The number of benzene rings is 1. The van der Waals surface area contributed by atoms with E-state index in [1.165, 1.54) is 33.1 Å². The van der Waals surface area contributed by atoms with E-state index in [0.29, 0.717) is 0 Å². The van der Waals surface area contributed by atoms with Gasteiger partial charge in [-0.15, -0.1) is 0 Å². The van der Waals surface area contributed by atoms with Crippen LogP contribution in [-0.2, 0) is 4.79 Å². The van der Waals surface area contributed by atoms with E-state index in [0.717, 1.165) is 0 Å². The number of anilines is 1. The van der Waals surface area contributed by atoms with Crippen LogP contribution in [0.15, 0.2) is 12.1 Å². The number of hydrogen-bond donors (Lipinski definition) is 3. The summed E-state index contributed by atoms with van der Waals surface area (Å²) >= 11 is 0. The molecule has 110 valence electrons. The second-order valence-electron chi connectivity index (χ2n) is 4.87. The van der Waals surface area contributed by atoms with Gasteiger partial charge in [-0.1, -0.05) is 0 Å². The second kappa shape index (κ2) is 5.68. The van der Waals surface area contributed by atoms with Crippen molar-refractivity contribution in [2.24, 2.45) is 5.41 Å². The first-order valence-electron chi connectivity index (χ1n) is 5.76. The van der Waals surface area contributed by atoms with Crippen LogP contribution < -0.4 is 15.2 Å². The highest BCUT2D eigenvalue weighted by Crippen LogP contribution is 2.33. The zero-order valence-electron chi connectivity index (χ0n) is 11.5. The number of aliphatic carboxylic acids is 1. The topological polar surface area (TPSA) is 119 Å². The number of methoxy groups -OCH3 is 1. The normalized spacial score (nSPS) is 10.9. The fourth-order valence-electron chi connectivity index (χ4n) is 1.35. The molecule has 0 heterocycles. The SMILES string of the molecule is COc1cc(N)c(C(=O)O)cc1OCC(C)(C)C(=O)O. The molecule has 0 saturated carbocycles. The molecule has 1 aromatic carbocycles. The Balaban J connectivity index is 3.08. The molecule has 0 aliphatic heterocycles. The fraction of sp³-hybridized carbons (Fsp3) is 0.385. The Labute approximate surface area is 115 Å². The molecule has 1 aromatic rings. The van der Waals surface area contributed by atoms with Gasteiger partial charge in [-0.3, -0.25) is 4.79 Å². The number of carboxylic acids is 2. The van der Waals surface area contributed by atoms with Gasteiger partial charge in [0.25, 0.3) is 0 Å². The summed E-state index contributed by atoms with van der Waals surface area (Å²) in [6.45, 7) is 2.86. The summed E-state index contributed by atoms with van der Waals surface area (Å²) < 4.78 is 10.4. The van der Waals surface area contributed by atoms with Crippen LogP contribution >= 0.6 is 0 Å². The van der Waals surface area contributed by atoms with Crippen LogP contribution in [0.3, 0.4) is 0 Å². The van der Waals surface area contributed by atoms with Gasteiger partial charge in [-0.25, -0.2) is 4.79 Å². The van der Waals surface area contributed by atoms with Crippen molar-refractivity contribution >= 4 is 17.6 Å². The Morgan fingerprint density at radius 3 is 2.30 bits per heavy atom. The lowest BCUT2D eigenvalue weighted by Gasteiger charge is -2.21. The van der Waals surface area contributed by atoms with Crippen molar-refractivity contribution in [1.29, 1.82) is 0 Å². The Hall–Kier alpha value is -2.44. The largest absolute Gasteiger partial charge is 0.493 e. The summed E-state index contributed by atoms with van der Waals surface area (Å²) in [6.07, 6.45) is 0. The van der Waals surface area contributed by atoms with Crippen molar-refractivity contribution in [3.05, 3.63) is 17.7 Å². The molecule has 0 unspecified atom stereocenters. The first-order chi connectivity index (χ1) is 9.19. The maximum absolute atomic E-state index is 11.0. The van der Waals surface area contributed by atoms with E-state index in [1.54, 1.807) is 0 Å². The van der Waals surface area contributed by atoms with Crippen molar-refractivity contribution in [3.63, 3.8) is 0 Å². The number of nitrogens with two attached hydrogens (primary N) is 1. The van der Waals surface area contributed by atoms with Crippen LogP contribution in [0.1, 0.15) is 24.2 Å². The van der Waals surface area contributed by atoms with Crippen LogP contribution in [0.4, 0.5) is 5.69 Å². The van der Waals surface area contributed by atoms with E-state index in [1.807, 2.05) is 0 Å². The highest BCUT2D eigenvalue weighted by molar-refractivity contribution is 5.94. The monoisotopic (exact) mass is 283 g/mol. The molecule has 0 aliphatic rings. The lowest BCUT2D eigenvalue weighted by molar-refractivity contribution is -0.148. The molecule has 0 saturated heterocycles. The van der Waals surface area contributed by atoms with Crippen molar-refractivity contribution in [2.75, 3.05) is 19.5 Å². The van der Waals surface area contributed by atoms with Crippen LogP contribution in [0.5, 0.6) is 11.5 Å². The number of nitrogen functional groups attached to an aromatic ring is 1. The Morgan fingerprint density at radius 1 is 1.25 bits per heavy atom. The van der Waals surface area contributed by atoms with Crippen molar-refractivity contribution < 1.29 is 29.3 Å². The molecule has 0 aliphatic carbocycles. The average molecular weight is 283 g/mol. The smallest absolute Gasteiger partial charge is 0.337 e. The van der Waals surface area contributed by atoms with Gasteiger partial charge in [0.1, 0.15) is 6.61 Å². The standard InChI is InChI=1S/C13H17NO6/c1-13(2,12(17)18)6-20-10-4-7(11(15)16)8(14)5-9(10)19-3/h4-5H,6,14H2,1-3H3,(H,15,16)(H,17,18). The van der Waals surface area contributed by atoms with Gasteiger partial charge in [0.15, 0.2) is 11.5 Å². The van der Waals surface area contributed by atoms with E-state index < -0.39 is 17.4 Å². The fourth-order valence-corrected chi connectivity index (χ4v) is 1.35. The van der Waals surface area contributed by atoms with Gasteiger partial charge < -0.3 is 25.4 Å². The van der Waals surface area contributed by atoms with Gasteiger partial charge in [0, 0.05) is 12.1 Å². The highest BCUT2D eigenvalue weighted by atomic mass is 16.5. The van der Waals surface area contributed by atoms with Crippen LogP contribution in [-0.4, -0.2) is 35.9 Å². The number of ether oxygens (including phenoxy) is 2. The average Bonchev–Trinajstić information content (AvgIpc) is 2.36. The summed E-state index contributed by atoms with van der Waals surface area (Å²) in [5.41, 5.74) is 4.38. The molecule has 0 fully saturated rings. The lowest BCUT2D eigenvalue weighted by Crippen LogP contribution is -2.30. The summed E-state index contributed by atoms with van der Waals surface area (Å²) in [7, 11) is 1.38. The predicted molar refractivity (Wildman–Crippen MR) is 71.3 cm³/mol. The minimum Gasteiger partial charge on any atom is -0.493 e. The van der Waals surface area contributed by atoms with E-state index in [-0.39, 0.29) is 29.4 Å². The summed E-state index contributed by atoms with van der Waals surface area (Å²) in [6, 6.07) is 2.54. The minimum atomic E-state index is -1.20. The number of hydrogen-bond acceptors (Lipinski definition) is 5. The van der Waals surface area contributed by atoms with Crippen molar-refractivity contribution in [3.8, 4) is 11.5 Å². The number of carbonyl (C=O) groups is 2. The first-order valence-corrected chi connectivity index (χ1v) is 5.76. The molecular formula is C13H17NO6. The molecule has 0 aromatic heterocycles. The molecule has 1 rings (SSSR count). The van der Waals surface area contributed by atoms with E-state index in [9.17, 15) is 9.59 Å². The molecular weight excluding hydrogens is 266 g/mol. The third-order valence-corrected chi connectivity index (χ3v) is 2.73. The quantitative estimate of drug-likeness (QED) is 0.676. The van der Waals surface area contributed by atoms with E-state index >= 15 is 0 Å². The molecule has 0 spiro atoms. The van der Waals surface area contributed by atoms with Gasteiger partial charge >= 0.3 is 11.9 Å². The van der Waals surface area contributed by atoms with Gasteiger partial charge in [0.2, 0.25) is 0 Å². The first kappa shape index (κ1) is 15.6. The van der Waals surface area contributed by atoms with Crippen LogP contribution in [0.2, 0.25) is 0 Å². The zero-order chi connectivity index (χ0) is 15.5. The number of rotatable bonds is 6. The zero-order valence-corrected chi connectivity index (χ0v) is 11.5. The molecule has 4 N–H and O–H groups in total. The van der Waals surface area contributed by atoms with Crippen LogP contribution in [0.25, 0.3) is 0 Å². The Bertz CT molecular complexity index is 538. The molecule has 20 heavy (non-hydrogen) atoms. The third-order valence-electron chi connectivity index (χ3n) is 2.73. The molecule has 0 bridgehead atoms. The minimum absolute atomic E-state index is 0.0409. The van der Waals surface area contributed by atoms with Gasteiger partial charge in [-0.2, -0.15) is 0 Å². The Morgan fingerprint density at radius 2 is 1.85 bits per heavy atom. The molecule has 7 heteroatoms. The summed E-state index contributed by atoms with van der Waals surface area (Å²) in [5, 5.41) is 18.0. The third kappa shape index (κ3) is 3.31. The van der Waals surface area contributed by atoms with Crippen molar-refractivity contribution in [1.82, 2.24) is 0 Å². The Kier molecular flexibility index (Phi) is 4.44.